The van der Waals surface area contributed by atoms with Crippen LogP contribution in [0.15, 0.2) is 18.2 Å². The highest BCUT2D eigenvalue weighted by atomic mass is 16.6. The van der Waals surface area contributed by atoms with E-state index in [0.29, 0.717) is 25.5 Å². The van der Waals surface area contributed by atoms with Gasteiger partial charge in [0, 0.05) is 42.1 Å². The molecule has 142 valence electrons. The zero-order valence-electron chi connectivity index (χ0n) is 15.3. The second-order valence-corrected chi connectivity index (χ2v) is 7.48. The first-order valence-corrected chi connectivity index (χ1v) is 9.79. The van der Waals surface area contributed by atoms with Crippen molar-refractivity contribution < 1.29 is 14.3 Å². The van der Waals surface area contributed by atoms with Gasteiger partial charge in [0.25, 0.3) is 5.91 Å². The van der Waals surface area contributed by atoms with Crippen LogP contribution in [0.5, 0.6) is 11.5 Å². The standard InChI is InChI=1S/C20H24N4O3/c25-20(19-15-4-1-5-16(15)22-23-19)24-8-2-3-14(12-24)21-13-6-7-17-18(11-13)27-10-9-26-17/h6-7,11,14,21H,1-5,8-10,12H2,(H,22,23). The molecule has 2 N–H and O–H groups in total. The number of amides is 1. The van der Waals surface area contributed by atoms with Gasteiger partial charge in [-0.1, -0.05) is 0 Å². The predicted octanol–water partition coefficient (Wildman–Crippen LogP) is 2.39. The molecule has 2 aliphatic heterocycles. The van der Waals surface area contributed by atoms with Crippen molar-refractivity contribution in [1.82, 2.24) is 15.1 Å². The van der Waals surface area contributed by atoms with Gasteiger partial charge in [0.05, 0.1) is 0 Å². The summed E-state index contributed by atoms with van der Waals surface area (Å²) in [5.74, 6) is 1.63. The molecule has 1 aliphatic carbocycles. The third kappa shape index (κ3) is 3.11. The average Bonchev–Trinajstić information content (AvgIpc) is 3.31. The summed E-state index contributed by atoms with van der Waals surface area (Å²) < 4.78 is 11.2. The summed E-state index contributed by atoms with van der Waals surface area (Å²) in [6.45, 7) is 2.65. The molecule has 2 aromatic rings. The second-order valence-electron chi connectivity index (χ2n) is 7.48. The van der Waals surface area contributed by atoms with Crippen LogP contribution in [0.1, 0.15) is 41.0 Å². The number of rotatable bonds is 3. The Balaban J connectivity index is 1.27. The first-order valence-electron chi connectivity index (χ1n) is 9.79. The molecule has 1 aromatic heterocycles. The Labute approximate surface area is 158 Å². The Hall–Kier alpha value is -2.70. The SMILES string of the molecule is O=C(c1n[nH]c2c1CCC2)N1CCCC(Nc2ccc3c(c2)OCCO3)C1. The van der Waals surface area contributed by atoms with Crippen molar-refractivity contribution in [2.24, 2.45) is 0 Å². The van der Waals surface area contributed by atoms with Crippen LogP contribution >= 0.6 is 0 Å². The van der Waals surface area contributed by atoms with Crippen molar-refractivity contribution in [2.75, 3.05) is 31.6 Å². The molecule has 1 atom stereocenters. The van der Waals surface area contributed by atoms with Gasteiger partial charge in [-0.05, 0) is 44.2 Å². The first-order chi connectivity index (χ1) is 13.3. The zero-order valence-corrected chi connectivity index (χ0v) is 15.3. The van der Waals surface area contributed by atoms with Gasteiger partial charge >= 0.3 is 0 Å². The number of carbonyl (C=O) groups is 1. The lowest BCUT2D eigenvalue weighted by Crippen LogP contribution is -2.45. The molecule has 1 unspecified atom stereocenters. The van der Waals surface area contributed by atoms with Crippen LogP contribution in [0.2, 0.25) is 0 Å². The molecule has 7 nitrogen and oxygen atoms in total. The fourth-order valence-electron chi connectivity index (χ4n) is 4.29. The van der Waals surface area contributed by atoms with Gasteiger partial charge in [0.2, 0.25) is 0 Å². The van der Waals surface area contributed by atoms with Crippen molar-refractivity contribution in [3.63, 3.8) is 0 Å². The van der Waals surface area contributed by atoms with Crippen molar-refractivity contribution >= 4 is 11.6 Å². The fraction of sp³-hybridized carbons (Fsp3) is 0.500. The maximum atomic E-state index is 13.0. The fourth-order valence-corrected chi connectivity index (χ4v) is 4.29. The van der Waals surface area contributed by atoms with E-state index in [9.17, 15) is 4.79 Å². The number of fused-ring (bicyclic) bond motifs is 2. The number of H-pyrrole nitrogens is 1. The summed E-state index contributed by atoms with van der Waals surface area (Å²) in [7, 11) is 0. The Bertz CT molecular complexity index is 863. The van der Waals surface area contributed by atoms with E-state index in [-0.39, 0.29) is 11.9 Å². The van der Waals surface area contributed by atoms with Gasteiger partial charge in [-0.15, -0.1) is 0 Å². The number of aryl methyl sites for hydroxylation is 1. The highest BCUT2D eigenvalue weighted by Gasteiger charge is 2.30. The summed E-state index contributed by atoms with van der Waals surface area (Å²) in [6, 6.07) is 6.15. The largest absolute Gasteiger partial charge is 0.486 e. The minimum Gasteiger partial charge on any atom is -0.486 e. The summed E-state index contributed by atoms with van der Waals surface area (Å²) >= 11 is 0. The number of piperidine rings is 1. The number of nitrogens with zero attached hydrogens (tertiary/aromatic N) is 2. The molecule has 3 aliphatic rings. The molecule has 1 fully saturated rings. The normalized spacial score (nSPS) is 21.0. The molecule has 1 aromatic carbocycles. The van der Waals surface area contributed by atoms with Crippen LogP contribution in [-0.2, 0) is 12.8 Å². The molecule has 5 rings (SSSR count). The molecule has 3 heterocycles. The summed E-state index contributed by atoms with van der Waals surface area (Å²) in [5, 5.41) is 10.9. The lowest BCUT2D eigenvalue weighted by Gasteiger charge is -2.33. The molecule has 0 saturated carbocycles. The van der Waals surface area contributed by atoms with Crippen molar-refractivity contribution in [3.8, 4) is 11.5 Å². The highest BCUT2D eigenvalue weighted by Crippen LogP contribution is 2.33. The molecule has 7 heteroatoms. The number of likely N-dealkylation sites (tertiary alicyclic amines) is 1. The Morgan fingerprint density at radius 3 is 3.00 bits per heavy atom. The quantitative estimate of drug-likeness (QED) is 0.870. The van der Waals surface area contributed by atoms with Crippen LogP contribution in [0.3, 0.4) is 0 Å². The monoisotopic (exact) mass is 368 g/mol. The van der Waals surface area contributed by atoms with Crippen LogP contribution in [0.4, 0.5) is 5.69 Å². The first kappa shape index (κ1) is 16.5. The zero-order chi connectivity index (χ0) is 18.2. The molecule has 0 spiro atoms. The van der Waals surface area contributed by atoms with Gasteiger partial charge in [0.1, 0.15) is 13.2 Å². The van der Waals surface area contributed by atoms with Gasteiger partial charge in [-0.3, -0.25) is 9.89 Å². The molecule has 0 radical (unpaired) electrons. The van der Waals surface area contributed by atoms with Crippen LogP contribution in [0.25, 0.3) is 0 Å². The second kappa shape index (κ2) is 6.79. The smallest absolute Gasteiger partial charge is 0.274 e. The number of aromatic amines is 1. The molecular weight excluding hydrogens is 344 g/mol. The molecular formula is C20H24N4O3. The molecule has 27 heavy (non-hydrogen) atoms. The lowest BCUT2D eigenvalue weighted by molar-refractivity contribution is 0.0707. The average molecular weight is 368 g/mol. The number of ether oxygens (including phenoxy) is 2. The number of anilines is 1. The van der Waals surface area contributed by atoms with E-state index in [1.165, 1.54) is 0 Å². The van der Waals surface area contributed by atoms with Crippen molar-refractivity contribution in [3.05, 3.63) is 35.2 Å². The minimum absolute atomic E-state index is 0.0584. The summed E-state index contributed by atoms with van der Waals surface area (Å²) in [4.78, 5) is 14.9. The van der Waals surface area contributed by atoms with Crippen molar-refractivity contribution in [1.29, 1.82) is 0 Å². The van der Waals surface area contributed by atoms with Gasteiger partial charge < -0.3 is 19.7 Å². The van der Waals surface area contributed by atoms with Crippen LogP contribution < -0.4 is 14.8 Å². The number of hydrogen-bond donors (Lipinski definition) is 2. The minimum atomic E-state index is 0.0584. The molecule has 1 amide bonds. The van der Waals surface area contributed by atoms with E-state index in [2.05, 4.69) is 15.5 Å². The summed E-state index contributed by atoms with van der Waals surface area (Å²) in [6.07, 6.45) is 5.10. The number of aromatic nitrogens is 2. The maximum absolute atomic E-state index is 13.0. The highest BCUT2D eigenvalue weighted by molar-refractivity contribution is 5.94. The lowest BCUT2D eigenvalue weighted by atomic mass is 10.0. The van der Waals surface area contributed by atoms with E-state index in [1.807, 2.05) is 23.1 Å². The Kier molecular flexibility index (Phi) is 4.14. The Morgan fingerprint density at radius 2 is 2.07 bits per heavy atom. The van der Waals surface area contributed by atoms with E-state index in [0.717, 1.165) is 67.1 Å². The van der Waals surface area contributed by atoms with E-state index < -0.39 is 0 Å². The van der Waals surface area contributed by atoms with Crippen LogP contribution in [0, 0.1) is 0 Å². The van der Waals surface area contributed by atoms with E-state index >= 15 is 0 Å². The maximum Gasteiger partial charge on any atom is 0.274 e. The van der Waals surface area contributed by atoms with Crippen LogP contribution in [-0.4, -0.2) is 53.3 Å². The number of hydrogen-bond acceptors (Lipinski definition) is 5. The third-order valence-corrected chi connectivity index (χ3v) is 5.63. The third-order valence-electron chi connectivity index (χ3n) is 5.63. The van der Waals surface area contributed by atoms with Gasteiger partial charge in [0.15, 0.2) is 17.2 Å². The molecule has 0 bridgehead atoms. The summed E-state index contributed by atoms with van der Waals surface area (Å²) in [5.41, 5.74) is 3.89. The van der Waals surface area contributed by atoms with Gasteiger partial charge in [-0.2, -0.15) is 5.10 Å². The topological polar surface area (TPSA) is 79.5 Å². The predicted molar refractivity (Wildman–Crippen MR) is 101 cm³/mol. The van der Waals surface area contributed by atoms with Crippen molar-refractivity contribution in [2.45, 2.75) is 38.1 Å². The van der Waals surface area contributed by atoms with Gasteiger partial charge in [-0.25, -0.2) is 0 Å². The Morgan fingerprint density at radius 1 is 1.19 bits per heavy atom. The molecule has 1 saturated heterocycles. The number of nitrogens with one attached hydrogen (secondary N) is 2. The number of benzene rings is 1. The number of carbonyl (C=O) groups excluding carboxylic acids is 1. The van der Waals surface area contributed by atoms with E-state index in [4.69, 9.17) is 9.47 Å². The van der Waals surface area contributed by atoms with E-state index in [1.54, 1.807) is 0 Å².